The minimum atomic E-state index is 0.605. The molecular formula is C14H13N3O. The molecule has 1 aromatic carbocycles. The van der Waals surface area contributed by atoms with Crippen molar-refractivity contribution in [3.05, 3.63) is 48.8 Å². The van der Waals surface area contributed by atoms with E-state index in [4.69, 9.17) is 4.74 Å². The van der Waals surface area contributed by atoms with E-state index in [1.807, 2.05) is 48.0 Å². The monoisotopic (exact) mass is 239 g/mol. The number of fused-ring (bicyclic) bond motifs is 1. The van der Waals surface area contributed by atoms with E-state index in [1.165, 1.54) is 0 Å². The molecule has 0 aliphatic heterocycles. The number of ether oxygens (including phenoxy) is 1. The molecule has 0 unspecified atom stereocenters. The van der Waals surface area contributed by atoms with Gasteiger partial charge in [-0.3, -0.25) is 4.98 Å². The largest absolute Gasteiger partial charge is 0.476 e. The Morgan fingerprint density at radius 1 is 1.17 bits per heavy atom. The average molecular weight is 239 g/mol. The molecule has 0 atom stereocenters. The summed E-state index contributed by atoms with van der Waals surface area (Å²) >= 11 is 0. The van der Waals surface area contributed by atoms with Crippen LogP contribution in [0.25, 0.3) is 16.6 Å². The molecule has 3 aromatic rings. The minimum absolute atomic E-state index is 0.605. The Bertz CT molecular complexity index is 661. The number of pyridine rings is 1. The number of aromatic nitrogens is 3. The summed E-state index contributed by atoms with van der Waals surface area (Å²) in [5.41, 5.74) is 1.95. The van der Waals surface area contributed by atoms with Crippen LogP contribution in [0.15, 0.2) is 48.8 Å². The van der Waals surface area contributed by atoms with Crippen molar-refractivity contribution in [3.8, 4) is 11.6 Å². The number of hydrogen-bond acceptors (Lipinski definition) is 3. The Morgan fingerprint density at radius 3 is 2.83 bits per heavy atom. The van der Waals surface area contributed by atoms with E-state index >= 15 is 0 Å². The summed E-state index contributed by atoms with van der Waals surface area (Å²) in [5, 5.41) is 5.52. The van der Waals surface area contributed by atoms with Crippen LogP contribution in [0, 0.1) is 0 Å². The molecule has 0 bridgehead atoms. The van der Waals surface area contributed by atoms with Crippen LogP contribution in [0.5, 0.6) is 5.88 Å². The van der Waals surface area contributed by atoms with Crippen molar-refractivity contribution < 1.29 is 4.74 Å². The molecule has 0 radical (unpaired) electrons. The third-order valence-corrected chi connectivity index (χ3v) is 2.73. The van der Waals surface area contributed by atoms with Gasteiger partial charge in [-0.15, -0.1) is 5.10 Å². The summed E-state index contributed by atoms with van der Waals surface area (Å²) < 4.78 is 7.42. The normalized spacial score (nSPS) is 10.7. The number of rotatable bonds is 3. The van der Waals surface area contributed by atoms with Crippen LogP contribution in [-0.4, -0.2) is 21.4 Å². The Labute approximate surface area is 105 Å². The van der Waals surface area contributed by atoms with Gasteiger partial charge in [-0.25, -0.2) is 4.68 Å². The second-order valence-electron chi connectivity index (χ2n) is 3.88. The van der Waals surface area contributed by atoms with E-state index < -0.39 is 0 Å². The van der Waals surface area contributed by atoms with E-state index in [9.17, 15) is 0 Å². The first kappa shape index (κ1) is 10.8. The summed E-state index contributed by atoms with van der Waals surface area (Å²) in [5.74, 6) is 0.664. The number of hydrogen-bond donors (Lipinski definition) is 0. The van der Waals surface area contributed by atoms with Gasteiger partial charge in [0.2, 0.25) is 5.88 Å². The maximum absolute atomic E-state index is 5.57. The Balaban J connectivity index is 2.24. The SMILES string of the molecule is CCOc1nn(-c2cccnc2)c2ccccc12. The minimum Gasteiger partial charge on any atom is -0.476 e. The third kappa shape index (κ3) is 1.72. The predicted octanol–water partition coefficient (Wildman–Crippen LogP) is 2.82. The van der Waals surface area contributed by atoms with Crippen LogP contribution >= 0.6 is 0 Å². The highest BCUT2D eigenvalue weighted by atomic mass is 16.5. The first-order valence-corrected chi connectivity index (χ1v) is 5.91. The molecule has 0 aliphatic rings. The quantitative estimate of drug-likeness (QED) is 0.705. The van der Waals surface area contributed by atoms with Gasteiger partial charge in [0.15, 0.2) is 0 Å². The van der Waals surface area contributed by atoms with Gasteiger partial charge in [0.05, 0.1) is 29.4 Å². The van der Waals surface area contributed by atoms with Gasteiger partial charge in [0.25, 0.3) is 0 Å². The lowest BCUT2D eigenvalue weighted by molar-refractivity contribution is 0.328. The Kier molecular flexibility index (Phi) is 2.68. The van der Waals surface area contributed by atoms with Crippen LogP contribution in [-0.2, 0) is 0 Å². The van der Waals surface area contributed by atoms with E-state index in [0.717, 1.165) is 16.6 Å². The molecular weight excluding hydrogens is 226 g/mol. The predicted molar refractivity (Wildman–Crippen MR) is 70.0 cm³/mol. The topological polar surface area (TPSA) is 39.9 Å². The fourth-order valence-corrected chi connectivity index (χ4v) is 1.96. The van der Waals surface area contributed by atoms with Crippen molar-refractivity contribution in [1.82, 2.24) is 14.8 Å². The zero-order chi connectivity index (χ0) is 12.4. The highest BCUT2D eigenvalue weighted by Crippen LogP contribution is 2.26. The lowest BCUT2D eigenvalue weighted by Gasteiger charge is -2.01. The second-order valence-corrected chi connectivity index (χ2v) is 3.88. The maximum atomic E-state index is 5.57. The fraction of sp³-hybridized carbons (Fsp3) is 0.143. The molecule has 0 aliphatic carbocycles. The average Bonchev–Trinajstić information content (AvgIpc) is 2.80. The maximum Gasteiger partial charge on any atom is 0.241 e. The van der Waals surface area contributed by atoms with Crippen molar-refractivity contribution in [1.29, 1.82) is 0 Å². The smallest absolute Gasteiger partial charge is 0.241 e. The molecule has 0 N–H and O–H groups in total. The van der Waals surface area contributed by atoms with Gasteiger partial charge >= 0.3 is 0 Å². The van der Waals surface area contributed by atoms with Gasteiger partial charge in [0, 0.05) is 6.20 Å². The van der Waals surface area contributed by atoms with Crippen molar-refractivity contribution >= 4 is 10.9 Å². The van der Waals surface area contributed by atoms with Crippen LogP contribution < -0.4 is 4.74 Å². The molecule has 0 saturated heterocycles. The van der Waals surface area contributed by atoms with E-state index in [2.05, 4.69) is 10.1 Å². The van der Waals surface area contributed by atoms with Crippen LogP contribution in [0.2, 0.25) is 0 Å². The van der Waals surface area contributed by atoms with Gasteiger partial charge in [-0.1, -0.05) is 12.1 Å². The van der Waals surface area contributed by atoms with E-state index in [1.54, 1.807) is 12.4 Å². The number of benzene rings is 1. The van der Waals surface area contributed by atoms with Crippen LogP contribution in [0.4, 0.5) is 0 Å². The summed E-state index contributed by atoms with van der Waals surface area (Å²) in [7, 11) is 0. The van der Waals surface area contributed by atoms with Crippen molar-refractivity contribution in [2.75, 3.05) is 6.61 Å². The summed E-state index contributed by atoms with van der Waals surface area (Å²) in [6.07, 6.45) is 3.54. The standard InChI is InChI=1S/C14H13N3O/c1-2-18-14-12-7-3-4-8-13(12)17(16-14)11-6-5-9-15-10-11/h3-10H,2H2,1H3. The molecule has 18 heavy (non-hydrogen) atoms. The van der Waals surface area contributed by atoms with Gasteiger partial charge in [0.1, 0.15) is 0 Å². The summed E-state index contributed by atoms with van der Waals surface area (Å²) in [4.78, 5) is 4.12. The lowest BCUT2D eigenvalue weighted by Crippen LogP contribution is -1.98. The highest BCUT2D eigenvalue weighted by molar-refractivity contribution is 5.85. The second kappa shape index (κ2) is 4.49. The van der Waals surface area contributed by atoms with Crippen molar-refractivity contribution in [2.45, 2.75) is 6.92 Å². The molecule has 0 spiro atoms. The first-order valence-electron chi connectivity index (χ1n) is 5.91. The van der Waals surface area contributed by atoms with Crippen molar-refractivity contribution in [3.63, 3.8) is 0 Å². The molecule has 4 nitrogen and oxygen atoms in total. The lowest BCUT2D eigenvalue weighted by atomic mass is 10.2. The summed E-state index contributed by atoms with van der Waals surface area (Å²) in [6, 6.07) is 11.9. The molecule has 0 saturated carbocycles. The Morgan fingerprint density at radius 2 is 2.06 bits per heavy atom. The van der Waals surface area contributed by atoms with Crippen LogP contribution in [0.3, 0.4) is 0 Å². The Hall–Kier alpha value is -2.36. The van der Waals surface area contributed by atoms with Gasteiger partial charge in [-0.2, -0.15) is 0 Å². The molecule has 2 heterocycles. The van der Waals surface area contributed by atoms with E-state index in [-0.39, 0.29) is 0 Å². The first-order chi connectivity index (χ1) is 8.90. The molecule has 3 rings (SSSR count). The molecule has 0 amide bonds. The highest BCUT2D eigenvalue weighted by Gasteiger charge is 2.11. The molecule has 2 aromatic heterocycles. The zero-order valence-corrected chi connectivity index (χ0v) is 10.1. The fourth-order valence-electron chi connectivity index (χ4n) is 1.96. The molecule has 4 heteroatoms. The number of nitrogens with zero attached hydrogens (tertiary/aromatic N) is 3. The number of para-hydroxylation sites is 1. The molecule has 0 fully saturated rings. The summed E-state index contributed by atoms with van der Waals surface area (Å²) in [6.45, 7) is 2.56. The zero-order valence-electron chi connectivity index (χ0n) is 10.1. The van der Waals surface area contributed by atoms with Crippen LogP contribution in [0.1, 0.15) is 6.92 Å². The third-order valence-electron chi connectivity index (χ3n) is 2.73. The van der Waals surface area contributed by atoms with Gasteiger partial charge < -0.3 is 4.74 Å². The van der Waals surface area contributed by atoms with Gasteiger partial charge in [-0.05, 0) is 31.2 Å². The van der Waals surface area contributed by atoms with Crippen molar-refractivity contribution in [2.24, 2.45) is 0 Å². The van der Waals surface area contributed by atoms with E-state index in [0.29, 0.717) is 12.5 Å². The molecule has 90 valence electrons.